The number of para-hydroxylation sites is 1. The van der Waals surface area contributed by atoms with Crippen LogP contribution in [0.3, 0.4) is 0 Å². The van der Waals surface area contributed by atoms with Crippen LogP contribution in [0.25, 0.3) is 0 Å². The molecule has 1 N–H and O–H groups in total. The van der Waals surface area contributed by atoms with Gasteiger partial charge in [-0.3, -0.25) is 4.79 Å². The van der Waals surface area contributed by atoms with E-state index in [1.165, 1.54) is 12.1 Å². The summed E-state index contributed by atoms with van der Waals surface area (Å²) in [4.78, 5) is 14.1. The summed E-state index contributed by atoms with van der Waals surface area (Å²) in [6.45, 7) is 0.702. The molecule has 0 aromatic heterocycles. The molecule has 3 nitrogen and oxygen atoms in total. The van der Waals surface area contributed by atoms with Gasteiger partial charge in [0.15, 0.2) is 0 Å². The van der Waals surface area contributed by atoms with Crippen molar-refractivity contribution < 1.29 is 9.18 Å². The minimum atomic E-state index is -0.518. The first-order valence-corrected chi connectivity index (χ1v) is 6.36. The highest BCUT2D eigenvalue weighted by Crippen LogP contribution is 2.18. The number of nitrogens with one attached hydrogen (secondary N) is 1. The summed E-state index contributed by atoms with van der Waals surface area (Å²) in [5.41, 5.74) is 1.74. The lowest BCUT2D eigenvalue weighted by molar-refractivity contribution is 0.102. The van der Waals surface area contributed by atoms with Crippen LogP contribution < -0.4 is 5.32 Å². The van der Waals surface area contributed by atoms with Crippen molar-refractivity contribution in [1.82, 2.24) is 4.90 Å². The van der Waals surface area contributed by atoms with Gasteiger partial charge in [0.2, 0.25) is 0 Å². The number of amides is 1. The third kappa shape index (κ3) is 3.42. The smallest absolute Gasteiger partial charge is 0.258 e. The second-order valence-corrected chi connectivity index (χ2v) is 4.83. The fourth-order valence-corrected chi connectivity index (χ4v) is 1.96. The Bertz CT molecular complexity index is 611. The molecule has 0 atom stereocenters. The van der Waals surface area contributed by atoms with Crippen molar-refractivity contribution in [3.8, 4) is 0 Å². The summed E-state index contributed by atoms with van der Waals surface area (Å²) in [5, 5.41) is 2.77. The van der Waals surface area contributed by atoms with Gasteiger partial charge in [0.1, 0.15) is 5.82 Å². The summed E-state index contributed by atoms with van der Waals surface area (Å²) in [6, 6.07) is 13.5. The third-order valence-electron chi connectivity index (χ3n) is 2.87. The first kappa shape index (κ1) is 14.2. The molecule has 2 aromatic rings. The number of halogens is 1. The van der Waals surface area contributed by atoms with Crippen LogP contribution in [0.4, 0.5) is 10.1 Å². The highest BCUT2D eigenvalue weighted by molar-refractivity contribution is 6.04. The van der Waals surface area contributed by atoms with Gasteiger partial charge < -0.3 is 10.2 Å². The molecule has 0 unspecified atom stereocenters. The second kappa shape index (κ2) is 6.30. The summed E-state index contributed by atoms with van der Waals surface area (Å²) in [7, 11) is 3.91. The molecule has 104 valence electrons. The van der Waals surface area contributed by atoms with Gasteiger partial charge in [-0.1, -0.05) is 30.3 Å². The topological polar surface area (TPSA) is 32.3 Å². The molecule has 2 rings (SSSR count). The highest BCUT2D eigenvalue weighted by Gasteiger charge is 2.12. The molecule has 0 saturated carbocycles. The van der Waals surface area contributed by atoms with E-state index >= 15 is 0 Å². The maximum absolute atomic E-state index is 13.6. The van der Waals surface area contributed by atoms with Crippen molar-refractivity contribution in [2.75, 3.05) is 19.4 Å². The Morgan fingerprint density at radius 1 is 1.10 bits per heavy atom. The van der Waals surface area contributed by atoms with E-state index in [0.717, 1.165) is 5.56 Å². The molecule has 0 fully saturated rings. The first-order chi connectivity index (χ1) is 9.58. The predicted octanol–water partition coefficient (Wildman–Crippen LogP) is 3.14. The maximum Gasteiger partial charge on any atom is 0.258 e. The van der Waals surface area contributed by atoms with E-state index in [0.29, 0.717) is 12.2 Å². The fraction of sp³-hybridized carbons (Fsp3) is 0.188. The van der Waals surface area contributed by atoms with Gasteiger partial charge in [0.25, 0.3) is 5.91 Å². The Balaban J connectivity index is 2.22. The van der Waals surface area contributed by atoms with Crippen LogP contribution in [-0.2, 0) is 6.54 Å². The molecule has 1 amide bonds. The molecule has 4 heteroatoms. The van der Waals surface area contributed by atoms with E-state index in [9.17, 15) is 9.18 Å². The number of rotatable bonds is 4. The van der Waals surface area contributed by atoms with E-state index in [1.54, 1.807) is 12.1 Å². The molecule has 0 aliphatic heterocycles. The number of hydrogen-bond donors (Lipinski definition) is 1. The zero-order valence-electron chi connectivity index (χ0n) is 11.6. The summed E-state index contributed by atoms with van der Waals surface area (Å²) in [5.74, 6) is -0.954. The van der Waals surface area contributed by atoms with E-state index < -0.39 is 11.7 Å². The van der Waals surface area contributed by atoms with Crippen molar-refractivity contribution >= 4 is 11.6 Å². The van der Waals surface area contributed by atoms with Gasteiger partial charge in [0.05, 0.1) is 5.56 Å². The molecule has 0 heterocycles. The van der Waals surface area contributed by atoms with E-state index in [2.05, 4.69) is 5.32 Å². The number of hydrogen-bond acceptors (Lipinski definition) is 2. The lowest BCUT2D eigenvalue weighted by atomic mass is 10.1. The summed E-state index contributed by atoms with van der Waals surface area (Å²) in [6.07, 6.45) is 0. The Morgan fingerprint density at radius 3 is 2.45 bits per heavy atom. The molecule has 0 radical (unpaired) electrons. The number of nitrogens with zero attached hydrogens (tertiary/aromatic N) is 1. The molecule has 0 spiro atoms. The number of benzene rings is 2. The van der Waals surface area contributed by atoms with Crippen molar-refractivity contribution in [3.63, 3.8) is 0 Å². The average Bonchev–Trinajstić information content (AvgIpc) is 2.41. The van der Waals surface area contributed by atoms with Gasteiger partial charge in [-0.05, 0) is 37.9 Å². The van der Waals surface area contributed by atoms with Crippen LogP contribution in [-0.4, -0.2) is 24.9 Å². The second-order valence-electron chi connectivity index (χ2n) is 4.83. The van der Waals surface area contributed by atoms with Crippen LogP contribution in [0.2, 0.25) is 0 Å². The minimum Gasteiger partial charge on any atom is -0.322 e. The molecule has 2 aromatic carbocycles. The molecule has 0 bridgehead atoms. The van der Waals surface area contributed by atoms with Gasteiger partial charge in [-0.15, -0.1) is 0 Å². The van der Waals surface area contributed by atoms with Crippen molar-refractivity contribution in [3.05, 3.63) is 65.5 Å². The average molecular weight is 272 g/mol. The molecular formula is C16H17FN2O. The van der Waals surface area contributed by atoms with Crippen molar-refractivity contribution in [2.24, 2.45) is 0 Å². The van der Waals surface area contributed by atoms with Crippen LogP contribution in [0.1, 0.15) is 15.9 Å². The molecule has 0 aliphatic rings. The summed E-state index contributed by atoms with van der Waals surface area (Å²) >= 11 is 0. The number of anilines is 1. The van der Waals surface area contributed by atoms with Gasteiger partial charge in [0, 0.05) is 12.2 Å². The Labute approximate surface area is 118 Å². The van der Waals surface area contributed by atoms with E-state index in [1.807, 2.05) is 43.3 Å². The van der Waals surface area contributed by atoms with Crippen LogP contribution >= 0.6 is 0 Å². The molecule has 0 aliphatic carbocycles. The third-order valence-corrected chi connectivity index (χ3v) is 2.87. The minimum absolute atomic E-state index is 0.0483. The van der Waals surface area contributed by atoms with Crippen LogP contribution in [0, 0.1) is 5.82 Å². The lowest BCUT2D eigenvalue weighted by Crippen LogP contribution is -2.17. The normalized spacial score (nSPS) is 10.6. The lowest BCUT2D eigenvalue weighted by Gasteiger charge is -2.15. The fourth-order valence-electron chi connectivity index (χ4n) is 1.96. The Hall–Kier alpha value is -2.20. The van der Waals surface area contributed by atoms with Crippen molar-refractivity contribution in [2.45, 2.75) is 6.54 Å². The first-order valence-electron chi connectivity index (χ1n) is 6.36. The number of carbonyl (C=O) groups is 1. The van der Waals surface area contributed by atoms with E-state index in [4.69, 9.17) is 0 Å². The zero-order valence-corrected chi connectivity index (χ0v) is 11.6. The van der Waals surface area contributed by atoms with Gasteiger partial charge in [-0.2, -0.15) is 0 Å². The standard InChI is InChI=1S/C16H17FN2O/c1-19(2)11-12-7-3-6-10-15(12)18-16(20)13-8-4-5-9-14(13)17/h3-10H,11H2,1-2H3,(H,18,20). The van der Waals surface area contributed by atoms with Crippen molar-refractivity contribution in [1.29, 1.82) is 0 Å². The molecule has 0 saturated heterocycles. The Morgan fingerprint density at radius 2 is 1.75 bits per heavy atom. The van der Waals surface area contributed by atoms with Crippen LogP contribution in [0.5, 0.6) is 0 Å². The predicted molar refractivity (Wildman–Crippen MR) is 78.2 cm³/mol. The largest absolute Gasteiger partial charge is 0.322 e. The summed E-state index contributed by atoms with van der Waals surface area (Å²) < 4.78 is 13.6. The van der Waals surface area contributed by atoms with Crippen LogP contribution in [0.15, 0.2) is 48.5 Å². The number of carbonyl (C=O) groups excluding carboxylic acids is 1. The SMILES string of the molecule is CN(C)Cc1ccccc1NC(=O)c1ccccc1F. The Kier molecular flexibility index (Phi) is 4.48. The van der Waals surface area contributed by atoms with Gasteiger partial charge >= 0.3 is 0 Å². The van der Waals surface area contributed by atoms with E-state index in [-0.39, 0.29) is 5.56 Å². The molecular weight excluding hydrogens is 255 g/mol. The zero-order chi connectivity index (χ0) is 14.5. The highest BCUT2D eigenvalue weighted by atomic mass is 19.1. The monoisotopic (exact) mass is 272 g/mol. The molecule has 20 heavy (non-hydrogen) atoms. The maximum atomic E-state index is 13.6. The quantitative estimate of drug-likeness (QED) is 0.927. The van der Waals surface area contributed by atoms with Gasteiger partial charge in [-0.25, -0.2) is 4.39 Å².